The molecular formula is C19H24O7. The summed E-state index contributed by atoms with van der Waals surface area (Å²) in [5, 5.41) is 20.8. The third-order valence-corrected chi connectivity index (χ3v) is 4.80. The highest BCUT2D eigenvalue weighted by Gasteiger charge is 2.48. The predicted molar refractivity (Wildman–Crippen MR) is 91.8 cm³/mol. The van der Waals surface area contributed by atoms with Crippen LogP contribution in [0.5, 0.6) is 0 Å². The van der Waals surface area contributed by atoms with Gasteiger partial charge in [-0.05, 0) is 32.4 Å². The molecule has 2 aliphatic rings. The number of ketones is 1. The number of aliphatic hydroxyl groups is 2. The van der Waals surface area contributed by atoms with Gasteiger partial charge in [-0.3, -0.25) is 4.79 Å². The Balaban J connectivity index is 2.52. The summed E-state index contributed by atoms with van der Waals surface area (Å²) in [6.45, 7) is 11.6. The van der Waals surface area contributed by atoms with E-state index in [1.54, 1.807) is 6.92 Å². The molecule has 7 heteroatoms. The Morgan fingerprint density at radius 1 is 1.42 bits per heavy atom. The molecule has 0 spiro atoms. The van der Waals surface area contributed by atoms with Crippen molar-refractivity contribution in [2.75, 3.05) is 0 Å². The molecule has 0 bridgehead atoms. The van der Waals surface area contributed by atoms with Crippen LogP contribution in [-0.2, 0) is 23.9 Å². The lowest BCUT2D eigenvalue weighted by Gasteiger charge is -2.33. The van der Waals surface area contributed by atoms with Gasteiger partial charge in [0, 0.05) is 24.0 Å². The zero-order valence-corrected chi connectivity index (χ0v) is 15.2. The topological polar surface area (TPSA) is 110 Å². The third-order valence-electron chi connectivity index (χ3n) is 4.80. The number of Topliss-reactive ketones (excluding diaryl/α,β-unsaturated/α-hetero) is 1. The fraction of sp³-hybridized carbons (Fsp3) is 0.526. The normalized spacial score (nSPS) is 37.3. The van der Waals surface area contributed by atoms with Gasteiger partial charge in [0.05, 0.1) is 12.0 Å². The average Bonchev–Trinajstić information content (AvgIpc) is 2.79. The first-order valence-corrected chi connectivity index (χ1v) is 8.32. The van der Waals surface area contributed by atoms with Crippen molar-refractivity contribution < 1.29 is 34.1 Å². The monoisotopic (exact) mass is 364 g/mol. The molecule has 26 heavy (non-hydrogen) atoms. The van der Waals surface area contributed by atoms with Gasteiger partial charge >= 0.3 is 11.9 Å². The zero-order chi connectivity index (χ0) is 19.8. The van der Waals surface area contributed by atoms with E-state index in [1.165, 1.54) is 19.9 Å². The summed E-state index contributed by atoms with van der Waals surface area (Å²) in [4.78, 5) is 36.5. The van der Waals surface area contributed by atoms with Crippen molar-refractivity contribution in [1.82, 2.24) is 0 Å². The standard InChI is InChI=1S/C19H24O7/c1-9(2)17(22)26-14-8-19(5,24)15(21)7-12(20)10(3)6-13-16(14)11(4)18(23)25-13/h6,12-14,16,20,24H,1,4,7-8H2,2-3,5H3/b10-6-/t12-,13+,14-,16-,19+/m0/s1. The maximum Gasteiger partial charge on any atom is 0.334 e. The van der Waals surface area contributed by atoms with Crippen LogP contribution in [0.3, 0.4) is 0 Å². The average molecular weight is 364 g/mol. The molecular weight excluding hydrogens is 340 g/mol. The fourth-order valence-electron chi connectivity index (χ4n) is 3.09. The first-order chi connectivity index (χ1) is 11.9. The summed E-state index contributed by atoms with van der Waals surface area (Å²) in [5.74, 6) is -2.74. The molecule has 0 unspecified atom stereocenters. The lowest BCUT2D eigenvalue weighted by Crippen LogP contribution is -2.46. The highest BCUT2D eigenvalue weighted by atomic mass is 16.6. The van der Waals surface area contributed by atoms with Crippen LogP contribution < -0.4 is 0 Å². The van der Waals surface area contributed by atoms with E-state index >= 15 is 0 Å². The second kappa shape index (κ2) is 7.17. The number of carbonyl (C=O) groups is 3. The SMILES string of the molecule is C=C(C)C(=O)O[C@H]1C[C@@](C)(O)C(=O)C[C@H](O)/C(C)=C\[C@H]2OC(=O)C(=C)[C@H]12. The summed E-state index contributed by atoms with van der Waals surface area (Å²) in [6.07, 6.45) is -2.00. The molecule has 1 heterocycles. The number of ether oxygens (including phenoxy) is 2. The molecule has 0 amide bonds. The van der Waals surface area contributed by atoms with Crippen LogP contribution in [0.25, 0.3) is 0 Å². The number of aliphatic hydroxyl groups excluding tert-OH is 1. The Morgan fingerprint density at radius 2 is 2.04 bits per heavy atom. The minimum absolute atomic E-state index is 0.0804. The summed E-state index contributed by atoms with van der Waals surface area (Å²) in [6, 6.07) is 0. The van der Waals surface area contributed by atoms with E-state index in [1.807, 2.05) is 0 Å². The van der Waals surface area contributed by atoms with Gasteiger partial charge in [-0.15, -0.1) is 0 Å². The van der Waals surface area contributed by atoms with Gasteiger partial charge in [-0.2, -0.15) is 0 Å². The molecule has 1 fully saturated rings. The number of fused-ring (bicyclic) bond motifs is 1. The zero-order valence-electron chi connectivity index (χ0n) is 15.2. The van der Waals surface area contributed by atoms with Crippen LogP contribution in [0.4, 0.5) is 0 Å². The molecule has 5 atom stereocenters. The van der Waals surface area contributed by atoms with Gasteiger partial charge in [-0.1, -0.05) is 13.2 Å². The Morgan fingerprint density at radius 3 is 2.62 bits per heavy atom. The van der Waals surface area contributed by atoms with E-state index in [-0.39, 0.29) is 24.0 Å². The minimum atomic E-state index is -1.87. The quantitative estimate of drug-likeness (QED) is 0.427. The van der Waals surface area contributed by atoms with E-state index in [0.29, 0.717) is 5.57 Å². The van der Waals surface area contributed by atoms with E-state index in [2.05, 4.69) is 13.2 Å². The molecule has 0 radical (unpaired) electrons. The summed E-state index contributed by atoms with van der Waals surface area (Å²) < 4.78 is 10.7. The molecule has 142 valence electrons. The van der Waals surface area contributed by atoms with Crippen LogP contribution in [0.2, 0.25) is 0 Å². The van der Waals surface area contributed by atoms with E-state index in [4.69, 9.17) is 9.47 Å². The van der Waals surface area contributed by atoms with Crippen LogP contribution in [0.1, 0.15) is 33.6 Å². The Kier molecular flexibility index (Phi) is 5.53. The molecule has 2 rings (SSSR count). The second-order valence-corrected chi connectivity index (χ2v) is 7.18. The van der Waals surface area contributed by atoms with Crippen molar-refractivity contribution in [3.8, 4) is 0 Å². The number of rotatable bonds is 2. The molecule has 1 saturated heterocycles. The summed E-state index contributed by atoms with van der Waals surface area (Å²) >= 11 is 0. The van der Waals surface area contributed by atoms with Crippen molar-refractivity contribution in [1.29, 1.82) is 0 Å². The smallest absolute Gasteiger partial charge is 0.334 e. The number of hydrogen-bond acceptors (Lipinski definition) is 7. The van der Waals surface area contributed by atoms with Gasteiger partial charge in [0.25, 0.3) is 0 Å². The second-order valence-electron chi connectivity index (χ2n) is 7.18. The van der Waals surface area contributed by atoms with Gasteiger partial charge < -0.3 is 19.7 Å². The number of hydrogen-bond donors (Lipinski definition) is 2. The maximum absolute atomic E-state index is 12.4. The summed E-state index contributed by atoms with van der Waals surface area (Å²) in [7, 11) is 0. The van der Waals surface area contributed by atoms with Crippen molar-refractivity contribution >= 4 is 17.7 Å². The van der Waals surface area contributed by atoms with Crippen LogP contribution in [0, 0.1) is 5.92 Å². The Hall–Kier alpha value is -2.25. The van der Waals surface area contributed by atoms with Gasteiger partial charge in [-0.25, -0.2) is 9.59 Å². The Labute approximate surface area is 152 Å². The predicted octanol–water partition coefficient (Wildman–Crippen LogP) is 0.993. The van der Waals surface area contributed by atoms with Crippen molar-refractivity contribution in [2.45, 2.75) is 57.5 Å². The Bertz CT molecular complexity index is 701. The number of carbonyl (C=O) groups excluding carboxylic acids is 3. The van der Waals surface area contributed by atoms with E-state index < -0.39 is 47.6 Å². The fourth-order valence-corrected chi connectivity index (χ4v) is 3.09. The highest BCUT2D eigenvalue weighted by Crippen LogP contribution is 2.37. The molecule has 0 aromatic heterocycles. The van der Waals surface area contributed by atoms with E-state index in [0.717, 1.165) is 0 Å². The molecule has 1 aliphatic carbocycles. The van der Waals surface area contributed by atoms with Crippen LogP contribution in [0.15, 0.2) is 36.0 Å². The van der Waals surface area contributed by atoms with Crippen molar-refractivity contribution in [3.63, 3.8) is 0 Å². The molecule has 0 aromatic rings. The van der Waals surface area contributed by atoms with Crippen molar-refractivity contribution in [2.24, 2.45) is 5.92 Å². The first kappa shape index (κ1) is 20.1. The summed E-state index contributed by atoms with van der Waals surface area (Å²) in [5.41, 5.74) is -1.23. The van der Waals surface area contributed by atoms with E-state index in [9.17, 15) is 24.6 Å². The molecule has 0 aromatic carbocycles. The lowest BCUT2D eigenvalue weighted by atomic mass is 9.79. The third kappa shape index (κ3) is 3.94. The van der Waals surface area contributed by atoms with Crippen LogP contribution >= 0.6 is 0 Å². The molecule has 1 aliphatic heterocycles. The van der Waals surface area contributed by atoms with Crippen molar-refractivity contribution in [3.05, 3.63) is 36.0 Å². The number of esters is 2. The largest absolute Gasteiger partial charge is 0.458 e. The van der Waals surface area contributed by atoms with Gasteiger partial charge in [0.1, 0.15) is 17.8 Å². The minimum Gasteiger partial charge on any atom is -0.458 e. The molecule has 7 nitrogen and oxygen atoms in total. The first-order valence-electron chi connectivity index (χ1n) is 8.32. The lowest BCUT2D eigenvalue weighted by molar-refractivity contribution is -0.156. The van der Waals surface area contributed by atoms with Gasteiger partial charge in [0.2, 0.25) is 0 Å². The van der Waals surface area contributed by atoms with Crippen LogP contribution in [-0.4, -0.2) is 51.8 Å². The van der Waals surface area contributed by atoms with Gasteiger partial charge in [0.15, 0.2) is 5.78 Å². The maximum atomic E-state index is 12.4. The highest BCUT2D eigenvalue weighted by molar-refractivity contribution is 5.92. The molecule has 2 N–H and O–H groups in total. The molecule has 0 saturated carbocycles.